The number of fused-ring (bicyclic) bond motifs is 1. The molecule has 0 saturated heterocycles. The van der Waals surface area contributed by atoms with Crippen LogP contribution in [-0.2, 0) is 21.2 Å². The van der Waals surface area contributed by atoms with E-state index in [4.69, 9.17) is 9.47 Å². The van der Waals surface area contributed by atoms with E-state index >= 15 is 0 Å². The number of carbonyl (C=O) groups excluding carboxylic acids is 1. The second kappa shape index (κ2) is 8.33. The largest absolute Gasteiger partial charge is 0.497 e. The van der Waals surface area contributed by atoms with Gasteiger partial charge in [0.15, 0.2) is 11.7 Å². The van der Waals surface area contributed by atoms with Crippen LogP contribution in [0.4, 0.5) is 10.8 Å². The van der Waals surface area contributed by atoms with E-state index in [0.717, 1.165) is 5.56 Å². The van der Waals surface area contributed by atoms with Crippen LogP contribution in [0.5, 0.6) is 11.5 Å². The summed E-state index contributed by atoms with van der Waals surface area (Å²) in [6.07, 6.45) is 2.10. The highest BCUT2D eigenvalue weighted by molar-refractivity contribution is 7.93. The summed E-state index contributed by atoms with van der Waals surface area (Å²) in [6, 6.07) is 11.8. The number of methoxy groups -OCH3 is 1. The van der Waals surface area contributed by atoms with E-state index in [1.165, 1.54) is 23.6 Å². The summed E-state index contributed by atoms with van der Waals surface area (Å²) < 4.78 is 38.3. The van der Waals surface area contributed by atoms with Crippen LogP contribution in [-0.4, -0.2) is 39.6 Å². The fraction of sp³-hybridized carbons (Fsp3) is 0.200. The molecule has 3 aromatic rings. The van der Waals surface area contributed by atoms with Gasteiger partial charge in [-0.05, 0) is 42.3 Å². The lowest BCUT2D eigenvalue weighted by molar-refractivity contribution is -0.120. The van der Waals surface area contributed by atoms with Crippen molar-refractivity contribution >= 4 is 38.1 Å². The molecule has 0 spiro atoms. The standard InChI is InChI=1S/C20H19N3O5S2/c1-27-15-3-2-4-16(12-15)28-13-19(24)23-9-7-14-11-17(5-6-18(14)23)30(25,26)22-20-21-8-10-29-20/h2-6,8,10-12H,7,9,13H2,1H3,(H,21,22). The summed E-state index contributed by atoms with van der Waals surface area (Å²) in [4.78, 5) is 18.4. The number of ether oxygens (including phenoxy) is 2. The maximum Gasteiger partial charge on any atom is 0.264 e. The topological polar surface area (TPSA) is 97.8 Å². The van der Waals surface area contributed by atoms with Crippen molar-refractivity contribution in [1.82, 2.24) is 4.98 Å². The van der Waals surface area contributed by atoms with Gasteiger partial charge in [-0.3, -0.25) is 9.52 Å². The zero-order chi connectivity index (χ0) is 21.1. The van der Waals surface area contributed by atoms with E-state index in [-0.39, 0.29) is 17.4 Å². The van der Waals surface area contributed by atoms with E-state index < -0.39 is 10.0 Å². The third-order valence-corrected chi connectivity index (χ3v) is 6.77. The molecule has 0 radical (unpaired) electrons. The van der Waals surface area contributed by atoms with Crippen LogP contribution < -0.4 is 19.1 Å². The first-order valence-corrected chi connectivity index (χ1v) is 11.4. The summed E-state index contributed by atoms with van der Waals surface area (Å²) in [6.45, 7) is 0.345. The predicted octanol–water partition coefficient (Wildman–Crippen LogP) is 2.92. The van der Waals surface area contributed by atoms with Gasteiger partial charge < -0.3 is 14.4 Å². The van der Waals surface area contributed by atoms with Gasteiger partial charge in [-0.15, -0.1) is 11.3 Å². The molecule has 10 heteroatoms. The zero-order valence-electron chi connectivity index (χ0n) is 16.1. The highest BCUT2D eigenvalue weighted by Gasteiger charge is 2.27. The Morgan fingerprint density at radius 2 is 2.07 bits per heavy atom. The molecule has 1 aliphatic rings. The first-order chi connectivity index (χ1) is 14.5. The first kappa shape index (κ1) is 20.2. The number of hydrogen-bond acceptors (Lipinski definition) is 7. The van der Waals surface area contributed by atoms with Gasteiger partial charge in [0, 0.05) is 29.9 Å². The van der Waals surface area contributed by atoms with E-state index in [9.17, 15) is 13.2 Å². The monoisotopic (exact) mass is 445 g/mol. The molecule has 4 rings (SSSR count). The Morgan fingerprint density at radius 1 is 1.23 bits per heavy atom. The highest BCUT2D eigenvalue weighted by Crippen LogP contribution is 2.31. The minimum atomic E-state index is -3.74. The highest BCUT2D eigenvalue weighted by atomic mass is 32.2. The second-order valence-electron chi connectivity index (χ2n) is 6.50. The molecule has 1 aliphatic heterocycles. The van der Waals surface area contributed by atoms with Gasteiger partial charge in [0.1, 0.15) is 11.5 Å². The van der Waals surface area contributed by atoms with Crippen molar-refractivity contribution in [2.75, 3.05) is 29.9 Å². The number of amides is 1. The van der Waals surface area contributed by atoms with Crippen molar-refractivity contribution in [2.24, 2.45) is 0 Å². The Morgan fingerprint density at radius 3 is 2.83 bits per heavy atom. The maximum absolute atomic E-state index is 12.7. The van der Waals surface area contributed by atoms with Crippen LogP contribution in [0.25, 0.3) is 0 Å². The molecule has 2 aromatic carbocycles. The van der Waals surface area contributed by atoms with E-state index in [1.807, 2.05) is 0 Å². The molecule has 0 bridgehead atoms. The SMILES string of the molecule is COc1cccc(OCC(=O)N2CCc3cc(S(=O)(=O)Nc4nccs4)ccc32)c1. The van der Waals surface area contributed by atoms with E-state index in [2.05, 4.69) is 9.71 Å². The van der Waals surface area contributed by atoms with Crippen molar-refractivity contribution in [3.8, 4) is 11.5 Å². The molecule has 156 valence electrons. The van der Waals surface area contributed by atoms with Gasteiger partial charge in [0.2, 0.25) is 0 Å². The number of hydrogen-bond donors (Lipinski definition) is 1. The van der Waals surface area contributed by atoms with Crippen LogP contribution in [0.2, 0.25) is 0 Å². The summed E-state index contributed by atoms with van der Waals surface area (Å²) in [5.74, 6) is 0.983. The Labute approximate surface area is 178 Å². The average Bonchev–Trinajstić information content (AvgIpc) is 3.41. The molecule has 2 heterocycles. The average molecular weight is 446 g/mol. The van der Waals surface area contributed by atoms with Gasteiger partial charge in [-0.2, -0.15) is 0 Å². The number of carbonyl (C=O) groups is 1. The molecule has 0 atom stereocenters. The number of rotatable bonds is 7. The number of thiazole rings is 1. The molecule has 0 aliphatic carbocycles. The predicted molar refractivity (Wildman–Crippen MR) is 114 cm³/mol. The van der Waals surface area contributed by atoms with E-state index in [0.29, 0.717) is 35.3 Å². The van der Waals surface area contributed by atoms with Gasteiger partial charge in [-0.25, -0.2) is 13.4 Å². The lowest BCUT2D eigenvalue weighted by atomic mass is 10.2. The van der Waals surface area contributed by atoms with E-state index in [1.54, 1.807) is 53.8 Å². The van der Waals surface area contributed by atoms with Crippen molar-refractivity contribution < 1.29 is 22.7 Å². The zero-order valence-corrected chi connectivity index (χ0v) is 17.7. The fourth-order valence-corrected chi connectivity index (χ4v) is 5.00. The molecule has 1 N–H and O–H groups in total. The molecule has 30 heavy (non-hydrogen) atoms. The quantitative estimate of drug-likeness (QED) is 0.601. The molecule has 8 nitrogen and oxygen atoms in total. The maximum atomic E-state index is 12.7. The van der Waals surface area contributed by atoms with Gasteiger partial charge in [0.05, 0.1) is 12.0 Å². The van der Waals surface area contributed by atoms with Crippen molar-refractivity contribution in [1.29, 1.82) is 0 Å². The van der Waals surface area contributed by atoms with Crippen molar-refractivity contribution in [3.63, 3.8) is 0 Å². The molecular weight excluding hydrogens is 426 g/mol. The Kier molecular flexibility index (Phi) is 5.60. The third-order valence-electron chi connectivity index (χ3n) is 4.62. The molecule has 0 saturated carbocycles. The lowest BCUT2D eigenvalue weighted by Crippen LogP contribution is -2.33. The minimum Gasteiger partial charge on any atom is -0.497 e. The van der Waals surface area contributed by atoms with Crippen molar-refractivity contribution in [3.05, 3.63) is 59.6 Å². The van der Waals surface area contributed by atoms with Crippen LogP contribution in [0.1, 0.15) is 5.56 Å². The van der Waals surface area contributed by atoms with Crippen LogP contribution in [0.15, 0.2) is 58.9 Å². The second-order valence-corrected chi connectivity index (χ2v) is 9.07. The van der Waals surface area contributed by atoms with Gasteiger partial charge in [0.25, 0.3) is 15.9 Å². The molecule has 0 fully saturated rings. The van der Waals surface area contributed by atoms with Crippen LogP contribution in [0.3, 0.4) is 0 Å². The van der Waals surface area contributed by atoms with Crippen LogP contribution in [0, 0.1) is 0 Å². The summed E-state index contributed by atoms with van der Waals surface area (Å²) in [7, 11) is -2.18. The Bertz CT molecular complexity index is 1160. The van der Waals surface area contributed by atoms with Gasteiger partial charge in [-0.1, -0.05) is 6.07 Å². The van der Waals surface area contributed by atoms with Gasteiger partial charge >= 0.3 is 0 Å². The first-order valence-electron chi connectivity index (χ1n) is 9.09. The minimum absolute atomic E-state index is 0.127. The number of nitrogens with zero attached hydrogens (tertiary/aromatic N) is 2. The summed E-state index contributed by atoms with van der Waals surface area (Å²) in [5, 5.41) is 2.00. The molecule has 1 amide bonds. The number of nitrogens with one attached hydrogen (secondary N) is 1. The molecule has 0 unspecified atom stereocenters. The lowest BCUT2D eigenvalue weighted by Gasteiger charge is -2.18. The number of aromatic nitrogens is 1. The Hall–Kier alpha value is -3.11. The molecular formula is C20H19N3O5S2. The van der Waals surface area contributed by atoms with Crippen molar-refractivity contribution in [2.45, 2.75) is 11.3 Å². The number of benzene rings is 2. The normalized spacial score (nSPS) is 13.0. The third kappa shape index (κ3) is 4.24. The Balaban J connectivity index is 1.45. The summed E-state index contributed by atoms with van der Waals surface area (Å²) >= 11 is 1.20. The van der Waals surface area contributed by atoms with Crippen LogP contribution >= 0.6 is 11.3 Å². The fourth-order valence-electron chi connectivity index (χ4n) is 3.17. The molecule has 1 aromatic heterocycles. The number of sulfonamides is 1. The smallest absolute Gasteiger partial charge is 0.264 e. The number of anilines is 2. The summed E-state index contributed by atoms with van der Waals surface area (Å²) in [5.41, 5.74) is 1.49.